The Labute approximate surface area is 153 Å². The third kappa shape index (κ3) is 3.75. The SMILES string of the molecule is NC(=O)c1c(SCc2ccccc2)sc(C(=O)c2ccccc2)c1N. The van der Waals surface area contributed by atoms with Crippen molar-refractivity contribution in [2.24, 2.45) is 5.73 Å². The summed E-state index contributed by atoms with van der Waals surface area (Å²) < 4.78 is 0.674. The predicted molar refractivity (Wildman–Crippen MR) is 103 cm³/mol. The van der Waals surface area contributed by atoms with Crippen molar-refractivity contribution < 1.29 is 9.59 Å². The van der Waals surface area contributed by atoms with E-state index >= 15 is 0 Å². The van der Waals surface area contributed by atoms with Gasteiger partial charge in [-0.05, 0) is 5.56 Å². The first kappa shape index (κ1) is 17.3. The molecule has 0 aliphatic heterocycles. The van der Waals surface area contributed by atoms with Crippen molar-refractivity contribution in [2.45, 2.75) is 9.96 Å². The Bertz CT molecular complexity index is 906. The van der Waals surface area contributed by atoms with Crippen molar-refractivity contribution in [3.8, 4) is 0 Å². The molecular weight excluding hydrogens is 352 g/mol. The molecule has 0 radical (unpaired) electrons. The van der Waals surface area contributed by atoms with Crippen LogP contribution < -0.4 is 11.5 Å². The molecule has 0 fully saturated rings. The van der Waals surface area contributed by atoms with Crippen LogP contribution in [0.3, 0.4) is 0 Å². The van der Waals surface area contributed by atoms with Crippen molar-refractivity contribution in [2.75, 3.05) is 5.73 Å². The van der Waals surface area contributed by atoms with Gasteiger partial charge in [-0.1, -0.05) is 60.7 Å². The number of thioether (sulfide) groups is 1. The molecule has 4 N–H and O–H groups in total. The zero-order chi connectivity index (χ0) is 17.8. The highest BCUT2D eigenvalue weighted by molar-refractivity contribution is 8.00. The summed E-state index contributed by atoms with van der Waals surface area (Å²) in [6.45, 7) is 0. The maximum Gasteiger partial charge on any atom is 0.252 e. The number of amides is 1. The minimum atomic E-state index is -0.614. The van der Waals surface area contributed by atoms with Crippen LogP contribution in [0.5, 0.6) is 0 Å². The fourth-order valence-electron chi connectivity index (χ4n) is 2.37. The van der Waals surface area contributed by atoms with Gasteiger partial charge in [-0.2, -0.15) is 0 Å². The number of anilines is 1. The highest BCUT2D eigenvalue weighted by Crippen LogP contribution is 2.40. The van der Waals surface area contributed by atoms with Crippen molar-refractivity contribution in [3.63, 3.8) is 0 Å². The second kappa shape index (κ2) is 7.55. The van der Waals surface area contributed by atoms with Crippen LogP contribution >= 0.6 is 23.1 Å². The number of carbonyl (C=O) groups is 2. The van der Waals surface area contributed by atoms with Crippen LogP contribution in [0, 0.1) is 0 Å². The number of rotatable bonds is 6. The lowest BCUT2D eigenvalue weighted by Gasteiger charge is -2.02. The Kier molecular flexibility index (Phi) is 5.21. The molecule has 1 heterocycles. The number of hydrogen-bond acceptors (Lipinski definition) is 5. The molecule has 0 aliphatic carbocycles. The maximum atomic E-state index is 12.7. The second-order valence-electron chi connectivity index (χ2n) is 5.34. The molecule has 3 rings (SSSR count). The number of nitrogen functional groups attached to an aromatic ring is 1. The molecule has 0 spiro atoms. The third-order valence-electron chi connectivity index (χ3n) is 3.61. The number of nitrogens with two attached hydrogens (primary N) is 2. The molecule has 4 nitrogen and oxygen atoms in total. The zero-order valence-corrected chi connectivity index (χ0v) is 14.9. The van der Waals surface area contributed by atoms with Crippen LogP contribution in [0.4, 0.5) is 5.69 Å². The fourth-order valence-corrected chi connectivity index (χ4v) is 4.80. The molecule has 1 aromatic heterocycles. The Hall–Kier alpha value is -2.57. The lowest BCUT2D eigenvalue weighted by atomic mass is 10.1. The molecule has 0 atom stereocenters. The highest BCUT2D eigenvalue weighted by Gasteiger charge is 2.25. The van der Waals surface area contributed by atoms with Crippen molar-refractivity contribution in [1.82, 2.24) is 0 Å². The smallest absolute Gasteiger partial charge is 0.252 e. The minimum absolute atomic E-state index is 0.168. The Morgan fingerprint density at radius 3 is 2.16 bits per heavy atom. The van der Waals surface area contributed by atoms with E-state index < -0.39 is 5.91 Å². The molecule has 0 bridgehead atoms. The lowest BCUT2D eigenvalue weighted by Crippen LogP contribution is -2.14. The highest BCUT2D eigenvalue weighted by atomic mass is 32.2. The number of thiophene rings is 1. The Morgan fingerprint density at radius 2 is 1.56 bits per heavy atom. The minimum Gasteiger partial charge on any atom is -0.397 e. The molecule has 3 aromatic rings. The summed E-state index contributed by atoms with van der Waals surface area (Å²) in [5.41, 5.74) is 13.6. The van der Waals surface area contributed by atoms with Gasteiger partial charge in [0.25, 0.3) is 5.91 Å². The molecular formula is C19H16N2O2S2. The van der Waals surface area contributed by atoms with E-state index in [9.17, 15) is 9.59 Å². The van der Waals surface area contributed by atoms with E-state index in [4.69, 9.17) is 11.5 Å². The van der Waals surface area contributed by atoms with Crippen LogP contribution in [-0.2, 0) is 5.75 Å². The van der Waals surface area contributed by atoms with Crippen LogP contribution in [0.1, 0.15) is 31.2 Å². The van der Waals surface area contributed by atoms with Gasteiger partial charge in [0.15, 0.2) is 0 Å². The summed E-state index contributed by atoms with van der Waals surface area (Å²) >= 11 is 2.69. The molecule has 126 valence electrons. The second-order valence-corrected chi connectivity index (χ2v) is 7.61. The summed E-state index contributed by atoms with van der Waals surface area (Å²) in [4.78, 5) is 24.9. The largest absolute Gasteiger partial charge is 0.397 e. The molecule has 6 heteroatoms. The summed E-state index contributed by atoms with van der Waals surface area (Å²) in [6, 6.07) is 18.7. The number of primary amides is 1. The molecule has 1 amide bonds. The Morgan fingerprint density at radius 1 is 0.960 bits per heavy atom. The van der Waals surface area contributed by atoms with Gasteiger partial charge < -0.3 is 11.5 Å². The van der Waals surface area contributed by atoms with E-state index in [1.165, 1.54) is 23.1 Å². The molecule has 0 saturated heterocycles. The molecule has 25 heavy (non-hydrogen) atoms. The molecule has 0 saturated carbocycles. The van der Waals surface area contributed by atoms with E-state index in [0.717, 1.165) is 5.56 Å². The molecule has 2 aromatic carbocycles. The number of ketones is 1. The van der Waals surface area contributed by atoms with Gasteiger partial charge >= 0.3 is 0 Å². The van der Waals surface area contributed by atoms with Gasteiger partial charge in [0, 0.05) is 11.3 Å². The van der Waals surface area contributed by atoms with E-state index in [2.05, 4.69) is 0 Å². The topological polar surface area (TPSA) is 86.2 Å². The van der Waals surface area contributed by atoms with Gasteiger partial charge in [0.1, 0.15) is 0 Å². The van der Waals surface area contributed by atoms with E-state index in [-0.39, 0.29) is 17.0 Å². The van der Waals surface area contributed by atoms with Crippen LogP contribution in [0.25, 0.3) is 0 Å². The normalized spacial score (nSPS) is 10.6. The van der Waals surface area contributed by atoms with Gasteiger partial charge in [-0.15, -0.1) is 23.1 Å². The van der Waals surface area contributed by atoms with E-state index in [1.54, 1.807) is 24.3 Å². The van der Waals surface area contributed by atoms with Gasteiger partial charge in [-0.25, -0.2) is 0 Å². The van der Waals surface area contributed by atoms with Crippen molar-refractivity contribution in [1.29, 1.82) is 0 Å². The molecule has 0 unspecified atom stereocenters. The van der Waals surface area contributed by atoms with Crippen LogP contribution in [0.2, 0.25) is 0 Å². The van der Waals surface area contributed by atoms with Gasteiger partial charge in [0.2, 0.25) is 5.78 Å². The summed E-state index contributed by atoms with van der Waals surface area (Å²) in [6.07, 6.45) is 0. The van der Waals surface area contributed by atoms with Gasteiger partial charge in [-0.3, -0.25) is 9.59 Å². The number of carbonyl (C=O) groups excluding carboxylic acids is 2. The molecule has 0 aliphatic rings. The summed E-state index contributed by atoms with van der Waals surface area (Å²) in [7, 11) is 0. The first-order valence-corrected chi connectivity index (χ1v) is 9.36. The first-order chi connectivity index (χ1) is 12.1. The number of benzene rings is 2. The predicted octanol–water partition coefficient (Wildman–Crippen LogP) is 3.95. The van der Waals surface area contributed by atoms with Crippen molar-refractivity contribution >= 4 is 40.5 Å². The number of hydrogen-bond donors (Lipinski definition) is 2. The average Bonchev–Trinajstić information content (AvgIpc) is 2.97. The van der Waals surface area contributed by atoms with Crippen LogP contribution in [0.15, 0.2) is 64.9 Å². The van der Waals surface area contributed by atoms with E-state index in [0.29, 0.717) is 20.4 Å². The summed E-state index contributed by atoms with van der Waals surface area (Å²) in [5.74, 6) is -0.145. The first-order valence-electron chi connectivity index (χ1n) is 7.56. The quantitative estimate of drug-likeness (QED) is 0.509. The van der Waals surface area contributed by atoms with E-state index in [1.807, 2.05) is 36.4 Å². The third-order valence-corrected chi connectivity index (χ3v) is 6.16. The summed E-state index contributed by atoms with van der Waals surface area (Å²) in [5, 5.41) is 0. The average molecular weight is 368 g/mol. The fraction of sp³-hybridized carbons (Fsp3) is 0.0526. The lowest BCUT2D eigenvalue weighted by molar-refractivity contribution is 0.0999. The monoisotopic (exact) mass is 368 g/mol. The van der Waals surface area contributed by atoms with Crippen molar-refractivity contribution in [3.05, 3.63) is 82.2 Å². The maximum absolute atomic E-state index is 12.7. The Balaban J connectivity index is 1.93. The zero-order valence-electron chi connectivity index (χ0n) is 13.3. The standard InChI is InChI=1S/C19H16N2O2S2/c20-15-14(18(21)23)19(24-11-12-7-3-1-4-8-12)25-17(15)16(22)13-9-5-2-6-10-13/h1-10H,11,20H2,(H2,21,23). The van der Waals surface area contributed by atoms with Gasteiger partial charge in [0.05, 0.1) is 20.3 Å². The van der Waals surface area contributed by atoms with Crippen LogP contribution in [-0.4, -0.2) is 11.7 Å².